The molecule has 6 nitrogen and oxygen atoms in total. The van der Waals surface area contributed by atoms with Gasteiger partial charge in [-0.25, -0.2) is 12.8 Å². The van der Waals surface area contributed by atoms with Crippen LogP contribution in [0.2, 0.25) is 5.02 Å². The van der Waals surface area contributed by atoms with Gasteiger partial charge in [-0.15, -0.1) is 0 Å². The summed E-state index contributed by atoms with van der Waals surface area (Å²) in [6, 6.07) is 10.3. The fourth-order valence-electron chi connectivity index (χ4n) is 2.98. The number of nitrogens with zero attached hydrogens (tertiary/aromatic N) is 2. The van der Waals surface area contributed by atoms with Crippen LogP contribution in [0.1, 0.15) is 19.8 Å². The highest BCUT2D eigenvalue weighted by atomic mass is 35.5. The van der Waals surface area contributed by atoms with Crippen LogP contribution in [-0.4, -0.2) is 37.9 Å². The summed E-state index contributed by atoms with van der Waals surface area (Å²) in [5, 5.41) is 0.453. The Kier molecular flexibility index (Phi) is 7.99. The van der Waals surface area contributed by atoms with Gasteiger partial charge in [-0.2, -0.15) is 4.99 Å². The van der Waals surface area contributed by atoms with E-state index in [1.165, 1.54) is 47.7 Å². The quantitative estimate of drug-likeness (QED) is 0.426. The molecule has 1 amide bonds. The number of hydrogen-bond acceptors (Lipinski definition) is 5. The highest BCUT2D eigenvalue weighted by Crippen LogP contribution is 2.19. The van der Waals surface area contributed by atoms with Crippen molar-refractivity contribution in [2.24, 2.45) is 4.99 Å². The summed E-state index contributed by atoms with van der Waals surface area (Å²) in [6.45, 7) is 3.35. The summed E-state index contributed by atoms with van der Waals surface area (Å²) in [7, 11) is -3.51. The largest absolute Gasteiger partial charge is 0.380 e. The van der Waals surface area contributed by atoms with Gasteiger partial charge in [0.2, 0.25) is 5.91 Å². The molecule has 3 aromatic rings. The number of thiazole rings is 1. The molecule has 0 aliphatic carbocycles. The Morgan fingerprint density at radius 1 is 1.23 bits per heavy atom. The highest BCUT2D eigenvalue weighted by molar-refractivity contribution is 7.91. The molecular formula is C21H22ClFN2O4S2. The van der Waals surface area contributed by atoms with Crippen molar-refractivity contribution < 1.29 is 22.3 Å². The molecule has 0 atom stereocenters. The van der Waals surface area contributed by atoms with Gasteiger partial charge in [0.1, 0.15) is 5.82 Å². The zero-order valence-electron chi connectivity index (χ0n) is 16.9. The first-order chi connectivity index (χ1) is 14.8. The second kappa shape index (κ2) is 10.5. The lowest BCUT2D eigenvalue weighted by atomic mass is 10.3. The van der Waals surface area contributed by atoms with E-state index >= 15 is 0 Å². The number of hydrogen-bond donors (Lipinski definition) is 0. The Morgan fingerprint density at radius 3 is 2.68 bits per heavy atom. The fraction of sp³-hybridized carbons (Fsp3) is 0.333. The predicted octanol–water partition coefficient (Wildman–Crippen LogP) is 4.21. The minimum atomic E-state index is -3.51. The molecule has 3 rings (SSSR count). The molecule has 2 aromatic carbocycles. The third-order valence-electron chi connectivity index (χ3n) is 4.50. The summed E-state index contributed by atoms with van der Waals surface area (Å²) in [5.41, 5.74) is 0.767. The summed E-state index contributed by atoms with van der Waals surface area (Å²) in [4.78, 5) is 17.2. The van der Waals surface area contributed by atoms with Crippen molar-refractivity contribution in [1.29, 1.82) is 0 Å². The van der Waals surface area contributed by atoms with Crippen molar-refractivity contribution >= 4 is 48.9 Å². The molecule has 0 aliphatic rings. The maximum Gasteiger partial charge on any atom is 0.248 e. The van der Waals surface area contributed by atoms with Crippen LogP contribution in [0.3, 0.4) is 0 Å². The Hall–Kier alpha value is -2.07. The van der Waals surface area contributed by atoms with E-state index in [1.54, 1.807) is 6.07 Å². The number of ether oxygens (including phenoxy) is 1. The Morgan fingerprint density at radius 2 is 1.97 bits per heavy atom. The van der Waals surface area contributed by atoms with E-state index in [1.807, 2.05) is 11.5 Å². The number of benzene rings is 2. The smallest absolute Gasteiger partial charge is 0.248 e. The Labute approximate surface area is 188 Å². The van der Waals surface area contributed by atoms with E-state index in [0.717, 1.165) is 5.52 Å². The average Bonchev–Trinajstić information content (AvgIpc) is 3.04. The van der Waals surface area contributed by atoms with E-state index in [9.17, 15) is 17.6 Å². The third-order valence-corrected chi connectivity index (χ3v) is 7.61. The molecule has 10 heteroatoms. The van der Waals surface area contributed by atoms with Gasteiger partial charge in [-0.05, 0) is 55.8 Å². The zero-order valence-corrected chi connectivity index (χ0v) is 19.3. The van der Waals surface area contributed by atoms with Crippen LogP contribution in [0.15, 0.2) is 52.4 Å². The minimum Gasteiger partial charge on any atom is -0.380 e. The lowest BCUT2D eigenvalue weighted by Gasteiger charge is -2.05. The molecule has 0 unspecified atom stereocenters. The minimum absolute atomic E-state index is 0.0130. The molecule has 0 radical (unpaired) electrons. The zero-order chi connectivity index (χ0) is 22.4. The molecule has 0 saturated carbocycles. The molecule has 31 heavy (non-hydrogen) atoms. The number of carbonyl (C=O) groups is 1. The maximum atomic E-state index is 13.6. The summed E-state index contributed by atoms with van der Waals surface area (Å²) in [5.74, 6) is -0.961. The van der Waals surface area contributed by atoms with Gasteiger partial charge in [-0.3, -0.25) is 4.79 Å². The number of carbonyl (C=O) groups excluding carboxylic acids is 1. The summed E-state index contributed by atoms with van der Waals surface area (Å²) >= 11 is 7.00. The van der Waals surface area contributed by atoms with E-state index in [4.69, 9.17) is 16.3 Å². The van der Waals surface area contributed by atoms with Crippen molar-refractivity contribution in [2.45, 2.75) is 31.2 Å². The van der Waals surface area contributed by atoms with Crippen molar-refractivity contribution in [2.75, 3.05) is 19.0 Å². The van der Waals surface area contributed by atoms with Gasteiger partial charge in [-0.1, -0.05) is 22.9 Å². The van der Waals surface area contributed by atoms with E-state index in [-0.39, 0.29) is 29.3 Å². The van der Waals surface area contributed by atoms with Gasteiger partial charge in [0.05, 0.1) is 27.5 Å². The van der Waals surface area contributed by atoms with Crippen LogP contribution in [0.25, 0.3) is 10.2 Å². The maximum absolute atomic E-state index is 13.6. The molecule has 0 aliphatic heterocycles. The number of sulfone groups is 1. The predicted molar refractivity (Wildman–Crippen MR) is 120 cm³/mol. The monoisotopic (exact) mass is 484 g/mol. The van der Waals surface area contributed by atoms with Crippen molar-refractivity contribution in [3.63, 3.8) is 0 Å². The Balaban J connectivity index is 1.74. The van der Waals surface area contributed by atoms with Gasteiger partial charge >= 0.3 is 0 Å². The summed E-state index contributed by atoms with van der Waals surface area (Å²) < 4.78 is 46.3. The van der Waals surface area contributed by atoms with Gasteiger partial charge in [0, 0.05) is 24.6 Å². The molecule has 0 N–H and O–H groups in total. The summed E-state index contributed by atoms with van der Waals surface area (Å²) in [6.07, 6.45) is 0.132. The second-order valence-electron chi connectivity index (χ2n) is 6.73. The Bertz CT molecular complexity index is 1230. The number of amides is 1. The molecule has 166 valence electrons. The molecule has 1 heterocycles. The third kappa shape index (κ3) is 6.22. The lowest BCUT2D eigenvalue weighted by Crippen LogP contribution is -2.20. The van der Waals surface area contributed by atoms with Crippen molar-refractivity contribution in [1.82, 2.24) is 4.57 Å². The van der Waals surface area contributed by atoms with Crippen LogP contribution in [-0.2, 0) is 25.9 Å². The van der Waals surface area contributed by atoms with Crippen LogP contribution in [0.4, 0.5) is 4.39 Å². The normalized spacial score (nSPS) is 12.5. The van der Waals surface area contributed by atoms with Crippen molar-refractivity contribution in [3.8, 4) is 0 Å². The van der Waals surface area contributed by atoms with Crippen LogP contribution >= 0.6 is 22.9 Å². The lowest BCUT2D eigenvalue weighted by molar-refractivity contribution is -0.118. The first kappa shape index (κ1) is 23.6. The van der Waals surface area contributed by atoms with Gasteiger partial charge in [0.25, 0.3) is 0 Å². The average molecular weight is 485 g/mol. The van der Waals surface area contributed by atoms with E-state index in [2.05, 4.69) is 4.99 Å². The van der Waals surface area contributed by atoms with Crippen LogP contribution in [0.5, 0.6) is 0 Å². The molecular weight excluding hydrogens is 463 g/mol. The van der Waals surface area contributed by atoms with Crippen LogP contribution in [0, 0.1) is 5.82 Å². The molecule has 0 bridgehead atoms. The number of aromatic nitrogens is 1. The highest BCUT2D eigenvalue weighted by Gasteiger charge is 2.15. The number of halogens is 2. The topological polar surface area (TPSA) is 77.7 Å². The molecule has 0 fully saturated rings. The standard InChI is InChI=1S/C21H22ClFN2O4S2/c1-2-29-12-11-25-18-10-7-16(23)14-19(18)30-21(25)24-20(26)4-3-13-31(27,28)17-8-5-15(22)6-9-17/h5-10,14H,2-4,11-13H2,1H3. The van der Waals surface area contributed by atoms with E-state index in [0.29, 0.717) is 34.3 Å². The van der Waals surface area contributed by atoms with Crippen molar-refractivity contribution in [3.05, 3.63) is 58.1 Å². The van der Waals surface area contributed by atoms with Crippen LogP contribution < -0.4 is 4.80 Å². The fourth-order valence-corrected chi connectivity index (χ4v) is 5.52. The second-order valence-corrected chi connectivity index (χ2v) is 10.3. The number of fused-ring (bicyclic) bond motifs is 1. The van der Waals surface area contributed by atoms with E-state index < -0.39 is 15.7 Å². The van der Waals surface area contributed by atoms with Gasteiger partial charge < -0.3 is 9.30 Å². The molecule has 0 saturated heterocycles. The SMILES string of the molecule is CCOCCn1c(=NC(=O)CCCS(=O)(=O)c2ccc(Cl)cc2)sc2cc(F)ccc21. The molecule has 1 aromatic heterocycles. The van der Waals surface area contributed by atoms with Gasteiger partial charge in [0.15, 0.2) is 14.6 Å². The first-order valence-corrected chi connectivity index (χ1v) is 12.6. The first-order valence-electron chi connectivity index (χ1n) is 9.72. The number of rotatable bonds is 9. The molecule has 0 spiro atoms.